The fraction of sp³-hybridized carbons (Fsp3) is 0.786. The lowest BCUT2D eigenvalue weighted by molar-refractivity contribution is 0.0169. The first-order chi connectivity index (χ1) is 8.76. The number of ether oxygens (including phenoxy) is 1. The number of methoxy groups -OCH3 is 1. The van der Waals surface area contributed by atoms with Crippen molar-refractivity contribution >= 4 is 0 Å². The van der Waals surface area contributed by atoms with Crippen LogP contribution in [0.15, 0.2) is 12.3 Å². The van der Waals surface area contributed by atoms with Crippen molar-refractivity contribution in [3.05, 3.63) is 18.0 Å². The van der Waals surface area contributed by atoms with E-state index in [4.69, 9.17) is 4.74 Å². The minimum atomic E-state index is 0.463. The summed E-state index contributed by atoms with van der Waals surface area (Å²) in [4.78, 5) is 0. The molecule has 1 aromatic heterocycles. The Balaban J connectivity index is 1.77. The van der Waals surface area contributed by atoms with E-state index in [0.717, 1.165) is 37.9 Å². The van der Waals surface area contributed by atoms with Crippen LogP contribution in [0.3, 0.4) is 0 Å². The summed E-state index contributed by atoms with van der Waals surface area (Å²) < 4.78 is 7.38. The van der Waals surface area contributed by atoms with Crippen LogP contribution in [0.5, 0.6) is 0 Å². The van der Waals surface area contributed by atoms with E-state index in [1.54, 1.807) is 7.11 Å². The van der Waals surface area contributed by atoms with Gasteiger partial charge in [-0.3, -0.25) is 4.68 Å². The summed E-state index contributed by atoms with van der Waals surface area (Å²) >= 11 is 0. The molecular formula is C14H25N3O. The fourth-order valence-corrected chi connectivity index (χ4v) is 2.51. The molecule has 0 unspecified atom stereocenters. The maximum Gasteiger partial charge on any atom is 0.0762 e. The second-order valence-electron chi connectivity index (χ2n) is 5.16. The summed E-state index contributed by atoms with van der Waals surface area (Å²) in [7, 11) is 1.79. The lowest BCUT2D eigenvalue weighted by Crippen LogP contribution is -2.44. The molecule has 1 aromatic rings. The van der Waals surface area contributed by atoms with Gasteiger partial charge in [0.15, 0.2) is 0 Å². The van der Waals surface area contributed by atoms with Gasteiger partial charge in [0.1, 0.15) is 0 Å². The van der Waals surface area contributed by atoms with Gasteiger partial charge in [0.2, 0.25) is 0 Å². The van der Waals surface area contributed by atoms with E-state index in [2.05, 4.69) is 41.2 Å². The van der Waals surface area contributed by atoms with Gasteiger partial charge >= 0.3 is 0 Å². The van der Waals surface area contributed by atoms with Crippen LogP contribution >= 0.6 is 0 Å². The van der Waals surface area contributed by atoms with Crippen molar-refractivity contribution in [1.82, 2.24) is 15.1 Å². The van der Waals surface area contributed by atoms with Gasteiger partial charge in [-0.1, -0.05) is 13.8 Å². The van der Waals surface area contributed by atoms with E-state index < -0.39 is 0 Å². The molecule has 0 radical (unpaired) electrons. The molecule has 1 aliphatic carbocycles. The summed E-state index contributed by atoms with van der Waals surface area (Å²) in [6.45, 7) is 5.30. The normalized spacial score (nSPS) is 23.3. The van der Waals surface area contributed by atoms with E-state index in [1.807, 2.05) is 0 Å². The molecule has 0 saturated heterocycles. The number of rotatable bonds is 7. The van der Waals surface area contributed by atoms with Crippen molar-refractivity contribution in [2.24, 2.45) is 0 Å². The van der Waals surface area contributed by atoms with Crippen LogP contribution in [0.4, 0.5) is 0 Å². The molecule has 1 heterocycles. The van der Waals surface area contributed by atoms with Gasteiger partial charge in [-0.15, -0.1) is 0 Å². The molecule has 18 heavy (non-hydrogen) atoms. The van der Waals surface area contributed by atoms with Crippen molar-refractivity contribution in [1.29, 1.82) is 0 Å². The zero-order chi connectivity index (χ0) is 13.0. The molecule has 102 valence electrons. The summed E-state index contributed by atoms with van der Waals surface area (Å²) in [6.07, 6.45) is 7.11. The number of nitrogens with one attached hydrogen (secondary N) is 1. The van der Waals surface area contributed by atoms with E-state index >= 15 is 0 Å². The average molecular weight is 251 g/mol. The second kappa shape index (κ2) is 6.34. The minimum absolute atomic E-state index is 0.463. The molecular weight excluding hydrogens is 226 g/mol. The lowest BCUT2D eigenvalue weighted by Gasteiger charge is -2.34. The van der Waals surface area contributed by atoms with Gasteiger partial charge in [0.25, 0.3) is 0 Å². The van der Waals surface area contributed by atoms with Crippen LogP contribution in [0, 0.1) is 0 Å². The smallest absolute Gasteiger partial charge is 0.0762 e. The molecule has 0 amide bonds. The standard InChI is InChI=1S/C14H25N3O/c1-4-13(5-2)17-7-6-11(16-17)10-15-12-8-14(9-12)18-3/h6-7,12-15H,4-5,8-10H2,1-3H3. The first kappa shape index (κ1) is 13.6. The SMILES string of the molecule is CCC(CC)n1ccc(CNC2CC(OC)C2)n1. The maximum absolute atomic E-state index is 5.27. The van der Waals surface area contributed by atoms with Gasteiger partial charge in [-0.05, 0) is 31.7 Å². The van der Waals surface area contributed by atoms with Crippen LogP contribution in [0.25, 0.3) is 0 Å². The highest BCUT2D eigenvalue weighted by Gasteiger charge is 2.28. The zero-order valence-electron chi connectivity index (χ0n) is 11.7. The van der Waals surface area contributed by atoms with Gasteiger partial charge in [-0.25, -0.2) is 0 Å². The van der Waals surface area contributed by atoms with Crippen LogP contribution in [0.1, 0.15) is 51.3 Å². The highest BCUT2D eigenvalue weighted by molar-refractivity contribution is 5.00. The highest BCUT2D eigenvalue weighted by atomic mass is 16.5. The molecule has 1 N–H and O–H groups in total. The highest BCUT2D eigenvalue weighted by Crippen LogP contribution is 2.22. The third kappa shape index (κ3) is 3.12. The van der Waals surface area contributed by atoms with Crippen LogP contribution in [-0.2, 0) is 11.3 Å². The van der Waals surface area contributed by atoms with Gasteiger partial charge < -0.3 is 10.1 Å². The molecule has 0 bridgehead atoms. The van der Waals surface area contributed by atoms with Crippen LogP contribution in [-0.4, -0.2) is 29.0 Å². The fourth-order valence-electron chi connectivity index (χ4n) is 2.51. The molecule has 0 aliphatic heterocycles. The molecule has 2 rings (SSSR count). The zero-order valence-corrected chi connectivity index (χ0v) is 11.7. The van der Waals surface area contributed by atoms with Gasteiger partial charge in [0.05, 0.1) is 17.8 Å². The average Bonchev–Trinajstić information content (AvgIpc) is 2.78. The molecule has 0 atom stereocenters. The monoisotopic (exact) mass is 251 g/mol. The molecule has 0 aromatic carbocycles. The molecule has 4 nitrogen and oxygen atoms in total. The Morgan fingerprint density at radius 2 is 2.17 bits per heavy atom. The number of aromatic nitrogens is 2. The summed E-state index contributed by atoms with van der Waals surface area (Å²) in [5.74, 6) is 0. The van der Waals surface area contributed by atoms with Crippen molar-refractivity contribution in [3.63, 3.8) is 0 Å². The third-order valence-corrected chi connectivity index (χ3v) is 3.98. The van der Waals surface area contributed by atoms with Crippen molar-refractivity contribution < 1.29 is 4.74 Å². The second-order valence-corrected chi connectivity index (χ2v) is 5.16. The Hall–Kier alpha value is -0.870. The topological polar surface area (TPSA) is 39.1 Å². The first-order valence-electron chi connectivity index (χ1n) is 7.07. The number of nitrogens with zero attached hydrogens (tertiary/aromatic N) is 2. The Morgan fingerprint density at radius 1 is 1.44 bits per heavy atom. The Morgan fingerprint density at radius 3 is 2.78 bits per heavy atom. The predicted octanol–water partition coefficient (Wildman–Crippen LogP) is 2.51. The van der Waals surface area contributed by atoms with E-state index in [9.17, 15) is 0 Å². The lowest BCUT2D eigenvalue weighted by atomic mass is 9.89. The third-order valence-electron chi connectivity index (χ3n) is 3.98. The van der Waals surface area contributed by atoms with Crippen molar-refractivity contribution in [3.8, 4) is 0 Å². The maximum atomic E-state index is 5.27. The quantitative estimate of drug-likeness (QED) is 0.809. The van der Waals surface area contributed by atoms with Crippen LogP contribution in [0.2, 0.25) is 0 Å². The summed E-state index contributed by atoms with van der Waals surface area (Å²) in [5.41, 5.74) is 1.14. The number of hydrogen-bond acceptors (Lipinski definition) is 3. The molecule has 1 fully saturated rings. The summed E-state index contributed by atoms with van der Waals surface area (Å²) in [5, 5.41) is 8.18. The van der Waals surface area contributed by atoms with E-state index in [0.29, 0.717) is 18.2 Å². The summed E-state index contributed by atoms with van der Waals surface area (Å²) in [6, 6.07) is 3.27. The predicted molar refractivity (Wildman–Crippen MR) is 72.5 cm³/mol. The molecule has 1 aliphatic rings. The van der Waals surface area contributed by atoms with Crippen molar-refractivity contribution in [2.75, 3.05) is 7.11 Å². The largest absolute Gasteiger partial charge is 0.381 e. The first-order valence-corrected chi connectivity index (χ1v) is 7.07. The number of hydrogen-bond donors (Lipinski definition) is 1. The molecule has 1 saturated carbocycles. The van der Waals surface area contributed by atoms with Crippen LogP contribution < -0.4 is 5.32 Å². The van der Waals surface area contributed by atoms with E-state index in [1.165, 1.54) is 0 Å². The van der Waals surface area contributed by atoms with E-state index in [-0.39, 0.29) is 0 Å². The Bertz CT molecular complexity index is 354. The Kier molecular flexibility index (Phi) is 4.78. The minimum Gasteiger partial charge on any atom is -0.381 e. The molecule has 0 spiro atoms. The Labute approximate surface area is 110 Å². The van der Waals surface area contributed by atoms with Gasteiger partial charge in [0, 0.05) is 25.9 Å². The van der Waals surface area contributed by atoms with Gasteiger partial charge in [-0.2, -0.15) is 5.10 Å². The molecule has 4 heteroatoms. The van der Waals surface area contributed by atoms with Crippen molar-refractivity contribution in [2.45, 2.75) is 64.3 Å².